The van der Waals surface area contributed by atoms with Gasteiger partial charge in [-0.1, -0.05) is 22.9 Å². The van der Waals surface area contributed by atoms with E-state index in [1.807, 2.05) is 6.92 Å². The number of benzene rings is 1. The van der Waals surface area contributed by atoms with Crippen molar-refractivity contribution in [2.75, 3.05) is 5.32 Å². The highest BCUT2D eigenvalue weighted by Crippen LogP contribution is 2.26. The number of amides is 1. The molecule has 0 spiro atoms. The van der Waals surface area contributed by atoms with E-state index in [4.69, 9.17) is 0 Å². The van der Waals surface area contributed by atoms with Gasteiger partial charge in [-0.3, -0.25) is 14.9 Å². The lowest BCUT2D eigenvalue weighted by Gasteiger charge is -2.12. The molecule has 1 amide bonds. The molecule has 18 heavy (non-hydrogen) atoms. The Morgan fingerprint density at radius 3 is 2.56 bits per heavy atom. The molecule has 0 heterocycles. The maximum absolute atomic E-state index is 11.7. The van der Waals surface area contributed by atoms with Crippen LogP contribution in [0.3, 0.4) is 0 Å². The molecule has 0 saturated carbocycles. The number of aryl methyl sites for hydroxylation is 2. The van der Waals surface area contributed by atoms with Gasteiger partial charge in [-0.15, -0.1) is 0 Å². The average Bonchev–Trinajstić information content (AvgIpc) is 2.31. The zero-order chi connectivity index (χ0) is 13.9. The number of hydrogen-bond acceptors (Lipinski definition) is 3. The topological polar surface area (TPSA) is 72.2 Å². The molecule has 1 atom stereocenters. The highest BCUT2D eigenvalue weighted by Gasteiger charge is 2.17. The van der Waals surface area contributed by atoms with Crippen molar-refractivity contribution in [2.24, 2.45) is 0 Å². The average molecular weight is 315 g/mol. The predicted octanol–water partition coefficient (Wildman–Crippen LogP) is 3.32. The largest absolute Gasteiger partial charge is 0.325 e. The van der Waals surface area contributed by atoms with Gasteiger partial charge in [-0.25, -0.2) is 0 Å². The Bertz CT molecular complexity index is 488. The summed E-state index contributed by atoms with van der Waals surface area (Å²) in [5.41, 5.74) is 1.89. The zero-order valence-electron chi connectivity index (χ0n) is 10.5. The summed E-state index contributed by atoms with van der Waals surface area (Å²) in [4.78, 5) is 21.8. The molecule has 0 fully saturated rings. The van der Waals surface area contributed by atoms with Crippen molar-refractivity contribution >= 4 is 33.2 Å². The summed E-state index contributed by atoms with van der Waals surface area (Å²) in [5.74, 6) is -0.145. The summed E-state index contributed by atoms with van der Waals surface area (Å²) in [6.45, 7) is 5.28. The molecule has 0 saturated heterocycles. The highest BCUT2D eigenvalue weighted by atomic mass is 79.9. The lowest BCUT2D eigenvalue weighted by atomic mass is 10.1. The molecular formula is C12H15BrN2O3. The van der Waals surface area contributed by atoms with Crippen LogP contribution in [0.1, 0.15) is 24.5 Å². The van der Waals surface area contributed by atoms with Crippen LogP contribution in [0.4, 0.5) is 11.4 Å². The van der Waals surface area contributed by atoms with Crippen molar-refractivity contribution < 1.29 is 9.72 Å². The summed E-state index contributed by atoms with van der Waals surface area (Å²) in [5, 5.41) is 13.5. The predicted molar refractivity (Wildman–Crippen MR) is 74.2 cm³/mol. The molecule has 98 valence electrons. The molecule has 5 nitrogen and oxygen atoms in total. The SMILES string of the molecule is CCC(Br)C(=O)Nc1cc(C)c([N+](=O)[O-])cc1C. The number of nitro benzene ring substituents is 1. The Balaban J connectivity index is 3.02. The third kappa shape index (κ3) is 3.29. The number of nitrogens with zero attached hydrogens (tertiary/aromatic N) is 1. The van der Waals surface area contributed by atoms with E-state index in [1.54, 1.807) is 19.9 Å². The van der Waals surface area contributed by atoms with Gasteiger partial charge in [0.05, 0.1) is 9.75 Å². The maximum atomic E-state index is 11.7. The summed E-state index contributed by atoms with van der Waals surface area (Å²) in [6.07, 6.45) is 0.677. The fourth-order valence-electron chi connectivity index (χ4n) is 1.53. The van der Waals surface area contributed by atoms with E-state index in [1.165, 1.54) is 6.07 Å². The van der Waals surface area contributed by atoms with Crippen molar-refractivity contribution in [2.45, 2.75) is 32.0 Å². The van der Waals surface area contributed by atoms with E-state index in [0.717, 1.165) is 0 Å². The van der Waals surface area contributed by atoms with Gasteiger partial charge in [0.2, 0.25) is 5.91 Å². The summed E-state index contributed by atoms with van der Waals surface area (Å²) in [6, 6.07) is 3.10. The molecule has 0 aromatic heterocycles. The van der Waals surface area contributed by atoms with Crippen LogP contribution in [0.2, 0.25) is 0 Å². The minimum Gasteiger partial charge on any atom is -0.325 e. The monoisotopic (exact) mass is 314 g/mol. The van der Waals surface area contributed by atoms with E-state index in [2.05, 4.69) is 21.2 Å². The fraction of sp³-hybridized carbons (Fsp3) is 0.417. The van der Waals surface area contributed by atoms with Crippen molar-refractivity contribution in [3.8, 4) is 0 Å². The van der Waals surface area contributed by atoms with E-state index in [9.17, 15) is 14.9 Å². The van der Waals surface area contributed by atoms with E-state index in [0.29, 0.717) is 23.2 Å². The molecule has 0 aliphatic rings. The Labute approximate surface area is 114 Å². The summed E-state index contributed by atoms with van der Waals surface area (Å²) < 4.78 is 0. The fourth-order valence-corrected chi connectivity index (χ4v) is 1.64. The van der Waals surface area contributed by atoms with Crippen molar-refractivity contribution in [1.82, 2.24) is 0 Å². The zero-order valence-corrected chi connectivity index (χ0v) is 12.1. The molecule has 1 N–H and O–H groups in total. The first-order valence-electron chi connectivity index (χ1n) is 5.57. The van der Waals surface area contributed by atoms with Gasteiger partial charge in [-0.2, -0.15) is 0 Å². The highest BCUT2D eigenvalue weighted by molar-refractivity contribution is 9.10. The first-order valence-corrected chi connectivity index (χ1v) is 6.49. The molecule has 1 rings (SSSR count). The normalized spacial score (nSPS) is 12.0. The van der Waals surface area contributed by atoms with Crippen LogP contribution in [0, 0.1) is 24.0 Å². The first-order chi connectivity index (χ1) is 8.36. The van der Waals surface area contributed by atoms with Crippen molar-refractivity contribution in [3.05, 3.63) is 33.4 Å². The molecule has 1 aromatic carbocycles. The van der Waals surface area contributed by atoms with E-state index in [-0.39, 0.29) is 16.4 Å². The standard InChI is InChI=1S/C12H15BrN2O3/c1-4-9(13)12(16)14-10-5-8(3)11(15(17)18)6-7(10)2/h5-6,9H,4H2,1-3H3,(H,14,16). The second kappa shape index (κ2) is 5.95. The molecule has 1 aromatic rings. The molecular weight excluding hydrogens is 300 g/mol. The molecule has 0 aliphatic heterocycles. The smallest absolute Gasteiger partial charge is 0.272 e. The van der Waals surface area contributed by atoms with Gasteiger partial charge < -0.3 is 5.32 Å². The maximum Gasteiger partial charge on any atom is 0.272 e. The Morgan fingerprint density at radius 2 is 2.06 bits per heavy atom. The lowest BCUT2D eigenvalue weighted by molar-refractivity contribution is -0.385. The van der Waals surface area contributed by atoms with Gasteiger partial charge in [-0.05, 0) is 31.9 Å². The Kier molecular flexibility index (Phi) is 4.84. The van der Waals surface area contributed by atoms with E-state index < -0.39 is 4.92 Å². The quantitative estimate of drug-likeness (QED) is 0.526. The van der Waals surface area contributed by atoms with Crippen LogP contribution < -0.4 is 5.32 Å². The third-order valence-electron chi connectivity index (χ3n) is 2.64. The van der Waals surface area contributed by atoms with Crippen LogP contribution in [-0.2, 0) is 4.79 Å². The molecule has 1 unspecified atom stereocenters. The van der Waals surface area contributed by atoms with Gasteiger partial charge in [0.25, 0.3) is 5.69 Å². The van der Waals surface area contributed by atoms with Gasteiger partial charge >= 0.3 is 0 Å². The van der Waals surface area contributed by atoms with Crippen LogP contribution in [0.25, 0.3) is 0 Å². The molecule has 0 radical (unpaired) electrons. The number of nitro groups is 1. The number of carbonyl (C=O) groups is 1. The number of nitrogens with one attached hydrogen (secondary N) is 1. The summed E-state index contributed by atoms with van der Waals surface area (Å²) in [7, 11) is 0. The Hall–Kier alpha value is -1.43. The second-order valence-corrected chi connectivity index (χ2v) is 5.18. The van der Waals surface area contributed by atoms with Crippen molar-refractivity contribution in [1.29, 1.82) is 0 Å². The van der Waals surface area contributed by atoms with Crippen LogP contribution >= 0.6 is 15.9 Å². The number of hydrogen-bond donors (Lipinski definition) is 1. The van der Waals surface area contributed by atoms with Crippen LogP contribution in [0.5, 0.6) is 0 Å². The lowest BCUT2D eigenvalue weighted by Crippen LogP contribution is -2.22. The van der Waals surface area contributed by atoms with E-state index >= 15 is 0 Å². The van der Waals surface area contributed by atoms with Gasteiger partial charge in [0, 0.05) is 17.3 Å². The molecule has 0 aliphatic carbocycles. The number of halogens is 1. The number of carbonyl (C=O) groups excluding carboxylic acids is 1. The second-order valence-electron chi connectivity index (χ2n) is 4.08. The number of anilines is 1. The molecule has 0 bridgehead atoms. The summed E-state index contributed by atoms with van der Waals surface area (Å²) >= 11 is 3.26. The van der Waals surface area contributed by atoms with Crippen molar-refractivity contribution in [3.63, 3.8) is 0 Å². The minimum absolute atomic E-state index is 0.0661. The number of alkyl halides is 1. The number of rotatable bonds is 4. The third-order valence-corrected chi connectivity index (χ3v) is 3.70. The Morgan fingerprint density at radius 1 is 1.44 bits per heavy atom. The van der Waals surface area contributed by atoms with Crippen LogP contribution in [0.15, 0.2) is 12.1 Å². The van der Waals surface area contributed by atoms with Crippen LogP contribution in [-0.4, -0.2) is 15.7 Å². The van der Waals surface area contributed by atoms with Gasteiger partial charge in [0.15, 0.2) is 0 Å². The minimum atomic E-state index is -0.423. The molecule has 6 heteroatoms. The first kappa shape index (κ1) is 14.6. The van der Waals surface area contributed by atoms with Gasteiger partial charge in [0.1, 0.15) is 0 Å².